The quantitative estimate of drug-likeness (QED) is 0.898. The molecule has 0 aliphatic carbocycles. The highest BCUT2D eigenvalue weighted by Gasteiger charge is 2.16. The smallest absolute Gasteiger partial charge is 0.257 e. The van der Waals surface area contributed by atoms with E-state index in [1.165, 1.54) is 19.2 Å². The third kappa shape index (κ3) is 4.07. The number of anilines is 2. The third-order valence-electron chi connectivity index (χ3n) is 3.69. The van der Waals surface area contributed by atoms with Crippen LogP contribution in [0.1, 0.15) is 21.5 Å². The summed E-state index contributed by atoms with van der Waals surface area (Å²) in [6, 6.07) is 10.2. The van der Waals surface area contributed by atoms with Crippen LogP contribution in [0.5, 0.6) is 0 Å². The predicted octanol–water partition coefficient (Wildman–Crippen LogP) is 3.60. The second-order valence-electron chi connectivity index (χ2n) is 5.67. The highest BCUT2D eigenvalue weighted by Crippen LogP contribution is 2.26. The van der Waals surface area contributed by atoms with Crippen LogP contribution in [-0.2, 0) is 10.0 Å². The highest BCUT2D eigenvalue weighted by molar-refractivity contribution is 7.92. The average molecular weight is 367 g/mol. The summed E-state index contributed by atoms with van der Waals surface area (Å²) in [4.78, 5) is 12.4. The minimum absolute atomic E-state index is 0.185. The van der Waals surface area contributed by atoms with Gasteiger partial charge in [0.1, 0.15) is 0 Å². The normalized spacial score (nSPS) is 11.2. The second kappa shape index (κ2) is 6.83. The number of carbonyl (C=O) groups is 1. The van der Waals surface area contributed by atoms with Gasteiger partial charge in [-0.3, -0.25) is 9.10 Å². The number of hydrogen-bond acceptors (Lipinski definition) is 3. The molecule has 128 valence electrons. The number of amides is 1. The van der Waals surface area contributed by atoms with Gasteiger partial charge in [0.2, 0.25) is 10.0 Å². The van der Waals surface area contributed by atoms with Crippen molar-refractivity contribution in [1.29, 1.82) is 0 Å². The fourth-order valence-electron chi connectivity index (χ4n) is 2.22. The fourth-order valence-corrected chi connectivity index (χ4v) is 2.98. The monoisotopic (exact) mass is 366 g/mol. The maximum atomic E-state index is 12.4. The lowest BCUT2D eigenvalue weighted by molar-refractivity contribution is 0.102. The van der Waals surface area contributed by atoms with E-state index in [0.29, 0.717) is 11.4 Å². The molecule has 0 saturated heterocycles. The third-order valence-corrected chi connectivity index (χ3v) is 5.21. The second-order valence-corrected chi connectivity index (χ2v) is 8.09. The lowest BCUT2D eigenvalue weighted by Gasteiger charge is -2.17. The van der Waals surface area contributed by atoms with Crippen LogP contribution in [0.4, 0.5) is 11.4 Å². The highest BCUT2D eigenvalue weighted by atomic mass is 35.5. The molecule has 0 heterocycles. The zero-order valence-corrected chi connectivity index (χ0v) is 15.5. The Kier molecular flexibility index (Phi) is 5.20. The topological polar surface area (TPSA) is 66.5 Å². The number of nitrogens with one attached hydrogen (secondary N) is 1. The van der Waals surface area contributed by atoms with Crippen molar-refractivity contribution in [3.05, 3.63) is 58.1 Å². The van der Waals surface area contributed by atoms with Crippen molar-refractivity contribution in [2.24, 2.45) is 0 Å². The Balaban J connectivity index is 2.27. The van der Waals surface area contributed by atoms with Crippen molar-refractivity contribution in [3.8, 4) is 0 Å². The van der Waals surface area contributed by atoms with Crippen molar-refractivity contribution in [2.75, 3.05) is 22.9 Å². The molecule has 5 nitrogen and oxygen atoms in total. The maximum absolute atomic E-state index is 12.4. The minimum atomic E-state index is -3.39. The van der Waals surface area contributed by atoms with E-state index in [2.05, 4.69) is 5.32 Å². The SMILES string of the molecule is Cc1ccc(NC(=O)c2ccc(N(C)S(C)(=O)=O)cc2Cl)c(C)c1. The van der Waals surface area contributed by atoms with E-state index >= 15 is 0 Å². The Bertz CT molecular complexity index is 895. The van der Waals surface area contributed by atoms with Gasteiger partial charge in [0.05, 0.1) is 22.5 Å². The zero-order valence-electron chi connectivity index (χ0n) is 13.9. The van der Waals surface area contributed by atoms with Crippen LogP contribution in [0.3, 0.4) is 0 Å². The van der Waals surface area contributed by atoms with Crippen LogP contribution in [0.15, 0.2) is 36.4 Å². The van der Waals surface area contributed by atoms with Gasteiger partial charge in [0, 0.05) is 12.7 Å². The first-order valence-corrected chi connectivity index (χ1v) is 9.44. The van der Waals surface area contributed by atoms with Crippen molar-refractivity contribution in [3.63, 3.8) is 0 Å². The van der Waals surface area contributed by atoms with Crippen molar-refractivity contribution < 1.29 is 13.2 Å². The Hall–Kier alpha value is -2.05. The van der Waals surface area contributed by atoms with Crippen molar-refractivity contribution in [1.82, 2.24) is 0 Å². The maximum Gasteiger partial charge on any atom is 0.257 e. The number of rotatable bonds is 4. The molecule has 24 heavy (non-hydrogen) atoms. The predicted molar refractivity (Wildman–Crippen MR) is 98.6 cm³/mol. The molecule has 7 heteroatoms. The minimum Gasteiger partial charge on any atom is -0.322 e. The molecule has 2 aromatic rings. The molecular weight excluding hydrogens is 348 g/mol. The fraction of sp³-hybridized carbons (Fsp3) is 0.235. The number of carbonyl (C=O) groups excluding carboxylic acids is 1. The number of halogens is 1. The summed E-state index contributed by atoms with van der Waals surface area (Å²) in [5.74, 6) is -0.347. The van der Waals surface area contributed by atoms with Gasteiger partial charge in [-0.25, -0.2) is 8.42 Å². The number of nitrogens with zero attached hydrogens (tertiary/aromatic N) is 1. The van der Waals surface area contributed by atoms with Gasteiger partial charge < -0.3 is 5.32 Å². The lowest BCUT2D eigenvalue weighted by Crippen LogP contribution is -2.25. The van der Waals surface area contributed by atoms with Gasteiger partial charge in [-0.15, -0.1) is 0 Å². The first kappa shape index (κ1) is 18.3. The van der Waals surface area contributed by atoms with E-state index in [1.807, 2.05) is 32.0 Å². The van der Waals surface area contributed by atoms with Gasteiger partial charge in [-0.05, 0) is 43.7 Å². The Labute approximate surface area is 147 Å². The molecule has 0 bridgehead atoms. The summed E-state index contributed by atoms with van der Waals surface area (Å²) in [6.07, 6.45) is 1.10. The van der Waals surface area contributed by atoms with Crippen LogP contribution in [0.25, 0.3) is 0 Å². The molecule has 0 atom stereocenters. The molecule has 0 radical (unpaired) electrons. The molecule has 0 aliphatic heterocycles. The molecule has 1 amide bonds. The van der Waals surface area contributed by atoms with Crippen LogP contribution in [0.2, 0.25) is 5.02 Å². The molecule has 0 spiro atoms. The Morgan fingerprint density at radius 2 is 1.79 bits per heavy atom. The Morgan fingerprint density at radius 3 is 2.33 bits per heavy atom. The van der Waals surface area contributed by atoms with E-state index < -0.39 is 10.0 Å². The molecule has 2 rings (SSSR count). The molecule has 0 unspecified atom stereocenters. The molecule has 0 saturated carbocycles. The summed E-state index contributed by atoms with van der Waals surface area (Å²) >= 11 is 6.17. The molecule has 0 fully saturated rings. The molecular formula is C17H19ClN2O3S. The molecule has 0 aromatic heterocycles. The number of aryl methyl sites for hydroxylation is 2. The number of benzene rings is 2. The largest absolute Gasteiger partial charge is 0.322 e. The first-order valence-electron chi connectivity index (χ1n) is 7.21. The van der Waals surface area contributed by atoms with Gasteiger partial charge in [0.25, 0.3) is 5.91 Å². The van der Waals surface area contributed by atoms with E-state index in [1.54, 1.807) is 6.07 Å². The van der Waals surface area contributed by atoms with Crippen LogP contribution >= 0.6 is 11.6 Å². The lowest BCUT2D eigenvalue weighted by atomic mass is 10.1. The van der Waals surface area contributed by atoms with Gasteiger partial charge in [-0.1, -0.05) is 29.3 Å². The summed E-state index contributed by atoms with van der Waals surface area (Å²) in [5, 5.41) is 3.00. The zero-order chi connectivity index (χ0) is 18.1. The molecule has 0 aliphatic rings. The van der Waals surface area contributed by atoms with E-state index in [4.69, 9.17) is 11.6 Å². The standard InChI is InChI=1S/C17H19ClN2O3S/c1-11-5-8-16(12(2)9-11)19-17(21)14-7-6-13(10-15(14)18)20(3)24(4,22)23/h5-10H,1-4H3,(H,19,21). The summed E-state index contributed by atoms with van der Waals surface area (Å²) in [5.41, 5.74) is 3.44. The van der Waals surface area contributed by atoms with E-state index in [-0.39, 0.29) is 16.5 Å². The van der Waals surface area contributed by atoms with Crippen molar-refractivity contribution in [2.45, 2.75) is 13.8 Å². The number of sulfonamides is 1. The average Bonchev–Trinajstić information content (AvgIpc) is 2.48. The van der Waals surface area contributed by atoms with Crippen LogP contribution in [0, 0.1) is 13.8 Å². The summed E-state index contributed by atoms with van der Waals surface area (Å²) < 4.78 is 24.2. The van der Waals surface area contributed by atoms with Crippen LogP contribution < -0.4 is 9.62 Å². The summed E-state index contributed by atoms with van der Waals surface area (Å²) in [6.45, 7) is 3.89. The van der Waals surface area contributed by atoms with Gasteiger partial charge >= 0.3 is 0 Å². The van der Waals surface area contributed by atoms with E-state index in [0.717, 1.165) is 21.7 Å². The number of hydrogen-bond donors (Lipinski definition) is 1. The van der Waals surface area contributed by atoms with Crippen LogP contribution in [-0.4, -0.2) is 27.6 Å². The van der Waals surface area contributed by atoms with Crippen molar-refractivity contribution >= 4 is 38.9 Å². The molecule has 1 N–H and O–H groups in total. The van der Waals surface area contributed by atoms with E-state index in [9.17, 15) is 13.2 Å². The van der Waals surface area contributed by atoms with Gasteiger partial charge in [0.15, 0.2) is 0 Å². The Morgan fingerprint density at radius 1 is 1.12 bits per heavy atom. The van der Waals surface area contributed by atoms with Gasteiger partial charge in [-0.2, -0.15) is 0 Å². The summed E-state index contributed by atoms with van der Waals surface area (Å²) in [7, 11) is -1.96. The molecule has 2 aromatic carbocycles. The first-order chi connectivity index (χ1) is 11.1.